The van der Waals surface area contributed by atoms with Crippen molar-refractivity contribution >= 4 is 22.5 Å². The Hall–Kier alpha value is -3.41. The predicted molar refractivity (Wildman–Crippen MR) is 103 cm³/mol. The summed E-state index contributed by atoms with van der Waals surface area (Å²) in [6.45, 7) is 2.50. The first-order valence-electron chi connectivity index (χ1n) is 8.60. The van der Waals surface area contributed by atoms with E-state index in [0.717, 1.165) is 11.3 Å². The highest BCUT2D eigenvalue weighted by Gasteiger charge is 2.17. The molecule has 2 aromatic carbocycles. The van der Waals surface area contributed by atoms with Gasteiger partial charge in [-0.05, 0) is 17.7 Å². The normalized spacial score (nSPS) is 11.0. The van der Waals surface area contributed by atoms with Gasteiger partial charge in [0.1, 0.15) is 17.0 Å². The SMILES string of the molecule is CCc1nc2nn(Cc3ccccc3)c(Nc3ccccc3)c2c(=O)[nH]1. The zero-order valence-electron chi connectivity index (χ0n) is 14.4. The zero-order chi connectivity index (χ0) is 17.9. The Morgan fingerprint density at radius 2 is 1.73 bits per heavy atom. The number of H-pyrrole nitrogens is 1. The molecule has 0 unspecified atom stereocenters. The van der Waals surface area contributed by atoms with E-state index in [1.165, 1.54) is 0 Å². The van der Waals surface area contributed by atoms with Crippen LogP contribution in [0.25, 0.3) is 11.0 Å². The van der Waals surface area contributed by atoms with Crippen molar-refractivity contribution in [1.29, 1.82) is 0 Å². The molecule has 0 radical (unpaired) electrons. The molecular weight excluding hydrogens is 326 g/mol. The summed E-state index contributed by atoms with van der Waals surface area (Å²) in [5.41, 5.74) is 2.27. The van der Waals surface area contributed by atoms with Crippen molar-refractivity contribution in [3.05, 3.63) is 82.4 Å². The number of aryl methyl sites for hydroxylation is 1. The molecule has 4 rings (SSSR count). The van der Waals surface area contributed by atoms with Gasteiger partial charge < -0.3 is 10.3 Å². The maximum Gasteiger partial charge on any atom is 0.264 e. The third-order valence-electron chi connectivity index (χ3n) is 4.21. The van der Waals surface area contributed by atoms with Gasteiger partial charge in [0.2, 0.25) is 0 Å². The topological polar surface area (TPSA) is 75.6 Å². The molecule has 2 heterocycles. The summed E-state index contributed by atoms with van der Waals surface area (Å²) in [6, 6.07) is 19.8. The second-order valence-corrected chi connectivity index (χ2v) is 6.05. The minimum Gasteiger partial charge on any atom is -0.340 e. The predicted octanol–water partition coefficient (Wildman–Crippen LogP) is 3.47. The number of para-hydroxylation sites is 1. The van der Waals surface area contributed by atoms with Crippen LogP contribution in [0.3, 0.4) is 0 Å². The summed E-state index contributed by atoms with van der Waals surface area (Å²) >= 11 is 0. The molecule has 6 heteroatoms. The molecule has 0 aliphatic heterocycles. The molecule has 2 aromatic heterocycles. The zero-order valence-corrected chi connectivity index (χ0v) is 14.4. The van der Waals surface area contributed by atoms with Crippen LogP contribution in [0.15, 0.2) is 65.5 Å². The quantitative estimate of drug-likeness (QED) is 0.581. The number of benzene rings is 2. The maximum absolute atomic E-state index is 12.6. The largest absolute Gasteiger partial charge is 0.340 e. The van der Waals surface area contributed by atoms with E-state index in [4.69, 9.17) is 0 Å². The van der Waals surface area contributed by atoms with E-state index < -0.39 is 0 Å². The third kappa shape index (κ3) is 3.09. The number of rotatable bonds is 5. The average molecular weight is 345 g/mol. The van der Waals surface area contributed by atoms with E-state index in [1.807, 2.05) is 67.6 Å². The van der Waals surface area contributed by atoms with Gasteiger partial charge in [-0.25, -0.2) is 9.67 Å². The van der Waals surface area contributed by atoms with Crippen LogP contribution in [0.5, 0.6) is 0 Å². The summed E-state index contributed by atoms with van der Waals surface area (Å²) in [5, 5.41) is 8.41. The lowest BCUT2D eigenvalue weighted by Crippen LogP contribution is -2.12. The smallest absolute Gasteiger partial charge is 0.264 e. The molecule has 0 fully saturated rings. The second-order valence-electron chi connectivity index (χ2n) is 6.05. The average Bonchev–Trinajstić information content (AvgIpc) is 3.00. The van der Waals surface area contributed by atoms with E-state index in [9.17, 15) is 4.79 Å². The fourth-order valence-electron chi connectivity index (χ4n) is 2.91. The van der Waals surface area contributed by atoms with Crippen LogP contribution in [-0.2, 0) is 13.0 Å². The van der Waals surface area contributed by atoms with Crippen LogP contribution in [0.2, 0.25) is 0 Å². The Labute approximate surface area is 150 Å². The Morgan fingerprint density at radius 3 is 2.42 bits per heavy atom. The van der Waals surface area contributed by atoms with Crippen LogP contribution in [0.1, 0.15) is 18.3 Å². The van der Waals surface area contributed by atoms with E-state index in [-0.39, 0.29) is 5.56 Å². The number of nitrogens with one attached hydrogen (secondary N) is 2. The minimum absolute atomic E-state index is 0.176. The minimum atomic E-state index is -0.176. The van der Waals surface area contributed by atoms with Crippen LogP contribution < -0.4 is 10.9 Å². The Morgan fingerprint density at radius 1 is 1.04 bits per heavy atom. The van der Waals surface area contributed by atoms with Gasteiger partial charge in [0.15, 0.2) is 5.65 Å². The van der Waals surface area contributed by atoms with Crippen molar-refractivity contribution in [2.75, 3.05) is 5.32 Å². The van der Waals surface area contributed by atoms with Gasteiger partial charge in [-0.15, -0.1) is 5.10 Å². The Kier molecular flexibility index (Phi) is 4.23. The molecule has 0 saturated heterocycles. The molecule has 0 amide bonds. The van der Waals surface area contributed by atoms with Crippen LogP contribution in [0, 0.1) is 0 Å². The standard InChI is InChI=1S/C20H19N5O/c1-2-16-22-18-17(20(26)23-16)19(21-15-11-7-4-8-12-15)25(24-18)13-14-9-5-3-6-10-14/h3-12,21H,2,13H2,1H3,(H,22,23,24,26). The van der Waals surface area contributed by atoms with Crippen molar-refractivity contribution < 1.29 is 0 Å². The van der Waals surface area contributed by atoms with Crippen molar-refractivity contribution in [2.45, 2.75) is 19.9 Å². The molecule has 6 nitrogen and oxygen atoms in total. The molecule has 0 saturated carbocycles. The van der Waals surface area contributed by atoms with Crippen LogP contribution in [-0.4, -0.2) is 19.7 Å². The molecule has 2 N–H and O–H groups in total. The van der Waals surface area contributed by atoms with Gasteiger partial charge >= 0.3 is 0 Å². The summed E-state index contributed by atoms with van der Waals surface area (Å²) in [4.78, 5) is 20.0. The number of nitrogens with zero attached hydrogens (tertiary/aromatic N) is 3. The summed E-state index contributed by atoms with van der Waals surface area (Å²) in [5.74, 6) is 1.28. The number of aromatic nitrogens is 4. The van der Waals surface area contributed by atoms with Crippen LogP contribution in [0.4, 0.5) is 11.5 Å². The third-order valence-corrected chi connectivity index (χ3v) is 4.21. The second kappa shape index (κ2) is 6.84. The molecule has 4 aromatic rings. The highest BCUT2D eigenvalue weighted by molar-refractivity contribution is 5.88. The Balaban J connectivity index is 1.87. The molecular formula is C20H19N5O. The number of aromatic amines is 1. The summed E-state index contributed by atoms with van der Waals surface area (Å²) in [6.07, 6.45) is 0.651. The number of hydrogen-bond donors (Lipinski definition) is 2. The van der Waals surface area contributed by atoms with E-state index in [2.05, 4.69) is 20.4 Å². The van der Waals surface area contributed by atoms with E-state index in [0.29, 0.717) is 35.6 Å². The summed E-state index contributed by atoms with van der Waals surface area (Å²) < 4.78 is 1.80. The molecule has 26 heavy (non-hydrogen) atoms. The fraction of sp³-hybridized carbons (Fsp3) is 0.150. The molecule has 0 atom stereocenters. The first-order valence-corrected chi connectivity index (χ1v) is 8.60. The van der Waals surface area contributed by atoms with Crippen molar-refractivity contribution in [1.82, 2.24) is 19.7 Å². The first kappa shape index (κ1) is 16.1. The highest BCUT2D eigenvalue weighted by Crippen LogP contribution is 2.24. The molecule has 0 spiro atoms. The lowest BCUT2D eigenvalue weighted by atomic mass is 10.2. The van der Waals surface area contributed by atoms with Crippen LogP contribution >= 0.6 is 0 Å². The van der Waals surface area contributed by atoms with Gasteiger partial charge in [0.25, 0.3) is 5.56 Å². The van der Waals surface area contributed by atoms with Gasteiger partial charge in [-0.1, -0.05) is 55.5 Å². The lowest BCUT2D eigenvalue weighted by Gasteiger charge is -2.10. The fourth-order valence-corrected chi connectivity index (χ4v) is 2.91. The van der Waals surface area contributed by atoms with Gasteiger partial charge in [-0.2, -0.15) is 0 Å². The lowest BCUT2D eigenvalue weighted by molar-refractivity contribution is 0.701. The van der Waals surface area contributed by atoms with E-state index in [1.54, 1.807) is 4.68 Å². The number of hydrogen-bond acceptors (Lipinski definition) is 4. The van der Waals surface area contributed by atoms with E-state index >= 15 is 0 Å². The first-order chi connectivity index (χ1) is 12.7. The van der Waals surface area contributed by atoms with Gasteiger partial charge in [0, 0.05) is 12.1 Å². The van der Waals surface area contributed by atoms with Gasteiger partial charge in [-0.3, -0.25) is 4.79 Å². The monoisotopic (exact) mass is 345 g/mol. The van der Waals surface area contributed by atoms with Crippen molar-refractivity contribution in [3.63, 3.8) is 0 Å². The molecule has 0 bridgehead atoms. The molecule has 130 valence electrons. The van der Waals surface area contributed by atoms with Crippen molar-refractivity contribution in [2.24, 2.45) is 0 Å². The number of fused-ring (bicyclic) bond motifs is 1. The highest BCUT2D eigenvalue weighted by atomic mass is 16.1. The summed E-state index contributed by atoms with van der Waals surface area (Å²) in [7, 11) is 0. The molecule has 0 aliphatic carbocycles. The van der Waals surface area contributed by atoms with Crippen molar-refractivity contribution in [3.8, 4) is 0 Å². The molecule has 0 aliphatic rings. The maximum atomic E-state index is 12.6. The number of anilines is 2. The van der Waals surface area contributed by atoms with Gasteiger partial charge in [0.05, 0.1) is 6.54 Å². The Bertz CT molecular complexity index is 1080.